The SMILES string of the molecule is COc1ccc(Cl)c(Cl)c1[C@H]1C[C@H]2[C@H](C)N(C(=O)CO)CC(=O)N2C1. The van der Waals surface area contributed by atoms with E-state index in [1.54, 1.807) is 24.1 Å². The lowest BCUT2D eigenvalue weighted by atomic mass is 9.92. The van der Waals surface area contributed by atoms with Crippen LogP contribution in [0.2, 0.25) is 10.0 Å². The molecule has 2 amide bonds. The molecule has 0 bridgehead atoms. The van der Waals surface area contributed by atoms with Crippen molar-refractivity contribution in [2.45, 2.75) is 31.3 Å². The summed E-state index contributed by atoms with van der Waals surface area (Å²) in [6.45, 7) is 1.80. The average Bonchev–Trinajstić information content (AvgIpc) is 3.05. The van der Waals surface area contributed by atoms with E-state index in [0.29, 0.717) is 28.8 Å². The Balaban J connectivity index is 1.92. The van der Waals surface area contributed by atoms with E-state index in [1.165, 1.54) is 4.90 Å². The third-order valence-electron chi connectivity index (χ3n) is 5.19. The largest absolute Gasteiger partial charge is 0.496 e. The molecule has 0 spiro atoms. The van der Waals surface area contributed by atoms with Gasteiger partial charge in [-0.3, -0.25) is 9.59 Å². The van der Waals surface area contributed by atoms with Gasteiger partial charge in [-0.1, -0.05) is 23.2 Å². The van der Waals surface area contributed by atoms with E-state index < -0.39 is 12.5 Å². The smallest absolute Gasteiger partial charge is 0.249 e. The number of methoxy groups -OCH3 is 1. The Morgan fingerprint density at radius 1 is 1.40 bits per heavy atom. The number of halogens is 2. The molecule has 2 fully saturated rings. The topological polar surface area (TPSA) is 70.1 Å². The highest BCUT2D eigenvalue weighted by Crippen LogP contribution is 2.45. The predicted octanol–water partition coefficient (Wildman–Crippen LogP) is 1.91. The van der Waals surface area contributed by atoms with Gasteiger partial charge in [0.05, 0.1) is 23.2 Å². The predicted molar refractivity (Wildman–Crippen MR) is 94.1 cm³/mol. The van der Waals surface area contributed by atoms with Crippen molar-refractivity contribution in [3.05, 3.63) is 27.7 Å². The van der Waals surface area contributed by atoms with Gasteiger partial charge < -0.3 is 19.6 Å². The second-order valence-electron chi connectivity index (χ2n) is 6.44. The number of benzene rings is 1. The molecule has 3 rings (SSSR count). The van der Waals surface area contributed by atoms with Crippen molar-refractivity contribution in [1.29, 1.82) is 0 Å². The third-order valence-corrected chi connectivity index (χ3v) is 6.01. The monoisotopic (exact) mass is 386 g/mol. The lowest BCUT2D eigenvalue weighted by molar-refractivity contribution is -0.152. The van der Waals surface area contributed by atoms with Gasteiger partial charge in [-0.15, -0.1) is 0 Å². The van der Waals surface area contributed by atoms with Crippen molar-refractivity contribution < 1.29 is 19.4 Å². The van der Waals surface area contributed by atoms with E-state index in [-0.39, 0.29) is 30.5 Å². The summed E-state index contributed by atoms with van der Waals surface area (Å²) in [6, 6.07) is 3.16. The molecule has 2 aliphatic rings. The van der Waals surface area contributed by atoms with Gasteiger partial charge in [0.15, 0.2) is 0 Å². The van der Waals surface area contributed by atoms with Crippen molar-refractivity contribution in [1.82, 2.24) is 9.80 Å². The molecule has 0 unspecified atom stereocenters. The highest BCUT2D eigenvalue weighted by molar-refractivity contribution is 6.42. The van der Waals surface area contributed by atoms with Crippen LogP contribution in [0.5, 0.6) is 5.75 Å². The summed E-state index contributed by atoms with van der Waals surface area (Å²) in [7, 11) is 1.57. The first-order chi connectivity index (χ1) is 11.9. The van der Waals surface area contributed by atoms with Crippen LogP contribution in [0.25, 0.3) is 0 Å². The van der Waals surface area contributed by atoms with Crippen LogP contribution >= 0.6 is 23.2 Å². The number of aliphatic hydroxyl groups excluding tert-OH is 1. The van der Waals surface area contributed by atoms with Crippen molar-refractivity contribution >= 4 is 35.0 Å². The van der Waals surface area contributed by atoms with Gasteiger partial charge >= 0.3 is 0 Å². The van der Waals surface area contributed by atoms with Gasteiger partial charge in [0, 0.05) is 24.1 Å². The van der Waals surface area contributed by atoms with Crippen LogP contribution in [0.1, 0.15) is 24.8 Å². The second kappa shape index (κ2) is 7.02. The number of nitrogens with zero attached hydrogens (tertiary/aromatic N) is 2. The number of hydrogen-bond acceptors (Lipinski definition) is 4. The molecular formula is C17H20Cl2N2O4. The molecule has 1 N–H and O–H groups in total. The zero-order chi connectivity index (χ0) is 18.3. The summed E-state index contributed by atoms with van der Waals surface area (Å²) in [6.07, 6.45) is 0.651. The van der Waals surface area contributed by atoms with E-state index in [0.717, 1.165) is 5.56 Å². The standard InChI is InChI=1S/C17H20Cl2N2O4/c1-9-12-5-10(16-13(25-2)4-3-11(18)17(16)19)6-21(12)14(23)7-20(9)15(24)8-22/h3-4,9-10,12,22H,5-8H2,1-2H3/t9-,10-,12-/m0/s1. The summed E-state index contributed by atoms with van der Waals surface area (Å²) >= 11 is 12.6. The Hall–Kier alpha value is -1.50. The molecule has 3 atom stereocenters. The molecule has 25 heavy (non-hydrogen) atoms. The summed E-state index contributed by atoms with van der Waals surface area (Å²) in [5.74, 6) is 0.0659. The number of hydrogen-bond donors (Lipinski definition) is 1. The van der Waals surface area contributed by atoms with E-state index in [9.17, 15) is 9.59 Å². The first-order valence-corrected chi connectivity index (χ1v) is 8.86. The molecule has 1 aromatic carbocycles. The van der Waals surface area contributed by atoms with Gasteiger partial charge in [0.1, 0.15) is 18.9 Å². The third kappa shape index (κ3) is 3.07. The number of fused-ring (bicyclic) bond motifs is 1. The molecule has 2 saturated heterocycles. The van der Waals surface area contributed by atoms with Crippen LogP contribution < -0.4 is 4.74 Å². The Morgan fingerprint density at radius 3 is 2.76 bits per heavy atom. The van der Waals surface area contributed by atoms with Crippen molar-refractivity contribution in [2.75, 3.05) is 26.8 Å². The van der Waals surface area contributed by atoms with Crippen LogP contribution in [0.15, 0.2) is 12.1 Å². The Morgan fingerprint density at radius 2 is 2.12 bits per heavy atom. The number of rotatable bonds is 3. The number of carbonyl (C=O) groups excluding carboxylic acids is 2. The second-order valence-corrected chi connectivity index (χ2v) is 7.23. The van der Waals surface area contributed by atoms with Gasteiger partial charge in [0.25, 0.3) is 0 Å². The Bertz CT molecular complexity index is 712. The zero-order valence-corrected chi connectivity index (χ0v) is 15.5. The van der Waals surface area contributed by atoms with Crippen molar-refractivity contribution in [3.8, 4) is 5.75 Å². The fourth-order valence-electron chi connectivity index (χ4n) is 3.92. The van der Waals surface area contributed by atoms with Crippen molar-refractivity contribution in [2.24, 2.45) is 0 Å². The highest BCUT2D eigenvalue weighted by atomic mass is 35.5. The van der Waals surface area contributed by atoms with Crippen LogP contribution in [-0.2, 0) is 9.59 Å². The zero-order valence-electron chi connectivity index (χ0n) is 14.0. The average molecular weight is 387 g/mol. The fraction of sp³-hybridized carbons (Fsp3) is 0.529. The maximum absolute atomic E-state index is 12.5. The molecule has 0 aromatic heterocycles. The summed E-state index contributed by atoms with van der Waals surface area (Å²) in [4.78, 5) is 27.7. The molecule has 2 aliphatic heterocycles. The van der Waals surface area contributed by atoms with E-state index in [4.69, 9.17) is 33.0 Å². The minimum Gasteiger partial charge on any atom is -0.496 e. The van der Waals surface area contributed by atoms with Crippen LogP contribution in [0.4, 0.5) is 0 Å². The maximum atomic E-state index is 12.5. The lowest BCUT2D eigenvalue weighted by Crippen LogP contribution is -2.60. The van der Waals surface area contributed by atoms with Gasteiger partial charge in [0.2, 0.25) is 11.8 Å². The lowest BCUT2D eigenvalue weighted by Gasteiger charge is -2.42. The van der Waals surface area contributed by atoms with Crippen LogP contribution in [0.3, 0.4) is 0 Å². The van der Waals surface area contributed by atoms with E-state index in [2.05, 4.69) is 0 Å². The number of piperazine rings is 1. The first-order valence-electron chi connectivity index (χ1n) is 8.10. The van der Waals surface area contributed by atoms with Crippen LogP contribution in [-0.4, -0.2) is 65.6 Å². The summed E-state index contributed by atoms with van der Waals surface area (Å²) in [5.41, 5.74) is 0.797. The molecule has 2 heterocycles. The molecule has 6 nitrogen and oxygen atoms in total. The van der Waals surface area contributed by atoms with Gasteiger partial charge in [-0.05, 0) is 25.5 Å². The molecule has 0 saturated carbocycles. The number of ether oxygens (including phenoxy) is 1. The molecule has 0 radical (unpaired) electrons. The Kier molecular flexibility index (Phi) is 5.14. The Labute approximate surface area is 156 Å². The molecule has 0 aliphatic carbocycles. The van der Waals surface area contributed by atoms with E-state index >= 15 is 0 Å². The minimum absolute atomic E-state index is 0.00973. The number of aliphatic hydroxyl groups is 1. The molecule has 8 heteroatoms. The number of amides is 2. The van der Waals surface area contributed by atoms with E-state index in [1.807, 2.05) is 6.92 Å². The minimum atomic E-state index is -0.596. The van der Waals surface area contributed by atoms with Gasteiger partial charge in [-0.2, -0.15) is 0 Å². The quantitative estimate of drug-likeness (QED) is 0.861. The van der Waals surface area contributed by atoms with Gasteiger partial charge in [-0.25, -0.2) is 0 Å². The molecule has 1 aromatic rings. The highest BCUT2D eigenvalue weighted by Gasteiger charge is 2.46. The summed E-state index contributed by atoms with van der Waals surface area (Å²) < 4.78 is 5.43. The molecular weight excluding hydrogens is 367 g/mol. The normalized spacial score (nSPS) is 26.0. The fourth-order valence-corrected chi connectivity index (χ4v) is 4.40. The summed E-state index contributed by atoms with van der Waals surface area (Å²) in [5, 5.41) is 10.0. The van der Waals surface area contributed by atoms with Crippen LogP contribution in [0, 0.1) is 0 Å². The van der Waals surface area contributed by atoms with Crippen molar-refractivity contribution in [3.63, 3.8) is 0 Å². The number of carbonyl (C=O) groups is 2. The maximum Gasteiger partial charge on any atom is 0.249 e. The first kappa shape index (κ1) is 18.3. The molecule has 136 valence electrons.